The van der Waals surface area contributed by atoms with Gasteiger partial charge in [-0.15, -0.1) is 0 Å². The second-order valence-electron chi connectivity index (χ2n) is 15.5. The van der Waals surface area contributed by atoms with E-state index in [0.717, 1.165) is 56.4 Å². The van der Waals surface area contributed by atoms with Crippen molar-refractivity contribution in [1.29, 1.82) is 0 Å². The first-order chi connectivity index (χ1) is 28.9. The molecule has 0 atom stereocenters. The van der Waals surface area contributed by atoms with Crippen molar-refractivity contribution in [2.45, 2.75) is 19.3 Å². The highest BCUT2D eigenvalue weighted by molar-refractivity contribution is 5.89. The van der Waals surface area contributed by atoms with Crippen LogP contribution < -0.4 is 9.80 Å². The van der Waals surface area contributed by atoms with Crippen LogP contribution in [0.2, 0.25) is 0 Å². The number of para-hydroxylation sites is 2. The number of hydrogen-bond donors (Lipinski definition) is 0. The smallest absolute Gasteiger partial charge is 0.0540 e. The van der Waals surface area contributed by atoms with Crippen LogP contribution in [0.25, 0.3) is 44.5 Å². The summed E-state index contributed by atoms with van der Waals surface area (Å²) in [5.74, 6) is 0. The van der Waals surface area contributed by atoms with E-state index >= 15 is 0 Å². The molecule has 2 heteroatoms. The normalized spacial score (nSPS) is 12.6. The van der Waals surface area contributed by atoms with Gasteiger partial charge in [-0.3, -0.25) is 0 Å². The number of fused-ring (bicyclic) bond motifs is 3. The molecule has 0 fully saturated rings. The summed E-state index contributed by atoms with van der Waals surface area (Å²) in [6, 6.07) is 72.1. The van der Waals surface area contributed by atoms with E-state index in [4.69, 9.17) is 0 Å². The predicted octanol–water partition coefficient (Wildman–Crippen LogP) is 15.9. The summed E-state index contributed by atoms with van der Waals surface area (Å²) in [7, 11) is 0. The molecule has 8 aromatic rings. The van der Waals surface area contributed by atoms with E-state index in [2.05, 4.69) is 237 Å². The quantitative estimate of drug-likeness (QED) is 0.121. The summed E-state index contributed by atoms with van der Waals surface area (Å²) in [5, 5.41) is 0. The van der Waals surface area contributed by atoms with Crippen LogP contribution in [0.5, 0.6) is 0 Å². The SMILES string of the molecule is C=C/C=C(\C=C)N(c1ccc(-c2ccc(-c3ccccc3N(c3ccccc3)c3ccc(-c4ccccc4)cc3)cc2)cc1)c1ccc2c(c1)C(C)(C)c1ccccc1-2. The Labute approximate surface area is 349 Å². The average Bonchev–Trinajstić information content (AvgIpc) is 3.53. The van der Waals surface area contributed by atoms with Gasteiger partial charge in [0.2, 0.25) is 0 Å². The lowest BCUT2D eigenvalue weighted by Crippen LogP contribution is -2.18. The molecule has 0 spiro atoms. The Morgan fingerprint density at radius 2 is 0.898 bits per heavy atom. The fraction of sp³-hybridized carbons (Fsp3) is 0.0526. The fourth-order valence-electron chi connectivity index (χ4n) is 8.63. The van der Waals surface area contributed by atoms with Gasteiger partial charge in [-0.25, -0.2) is 0 Å². The van der Waals surface area contributed by atoms with E-state index in [1.54, 1.807) is 0 Å². The highest BCUT2D eigenvalue weighted by Crippen LogP contribution is 2.50. The number of anilines is 5. The van der Waals surface area contributed by atoms with Crippen LogP contribution in [-0.4, -0.2) is 0 Å². The van der Waals surface area contributed by atoms with Crippen LogP contribution >= 0.6 is 0 Å². The maximum Gasteiger partial charge on any atom is 0.0540 e. The third-order valence-electron chi connectivity index (χ3n) is 11.6. The molecule has 1 aliphatic carbocycles. The molecule has 0 N–H and O–H groups in total. The van der Waals surface area contributed by atoms with Crippen molar-refractivity contribution in [1.82, 2.24) is 0 Å². The van der Waals surface area contributed by atoms with Crippen molar-refractivity contribution in [2.75, 3.05) is 9.80 Å². The molecule has 9 rings (SSSR count). The molecule has 284 valence electrons. The fourth-order valence-corrected chi connectivity index (χ4v) is 8.63. The van der Waals surface area contributed by atoms with Gasteiger partial charge in [0.15, 0.2) is 0 Å². The zero-order valence-corrected chi connectivity index (χ0v) is 33.6. The lowest BCUT2D eigenvalue weighted by Gasteiger charge is -2.29. The minimum Gasteiger partial charge on any atom is -0.311 e. The van der Waals surface area contributed by atoms with Gasteiger partial charge in [-0.1, -0.05) is 179 Å². The van der Waals surface area contributed by atoms with Gasteiger partial charge < -0.3 is 9.80 Å². The number of benzene rings is 8. The summed E-state index contributed by atoms with van der Waals surface area (Å²) in [6.45, 7) is 12.8. The van der Waals surface area contributed by atoms with Gasteiger partial charge in [0.05, 0.1) is 5.69 Å². The molecule has 0 saturated heterocycles. The Morgan fingerprint density at radius 1 is 0.424 bits per heavy atom. The molecule has 2 nitrogen and oxygen atoms in total. The van der Waals surface area contributed by atoms with Crippen molar-refractivity contribution in [2.24, 2.45) is 0 Å². The number of allylic oxidation sites excluding steroid dienone is 3. The standard InChI is InChI=1S/C57H46N2/c1-5-17-46(6-2)58(50-38-39-53-52-23-13-15-24-54(52)57(3,4)55(53)40-50)48-34-30-44(31-35-48)42-26-28-45(29-27-42)51-22-14-16-25-56(51)59(47-20-11-8-12-21-47)49-36-32-43(33-37-49)41-18-9-7-10-19-41/h5-40H,1-2H2,3-4H3/b46-17+. The Hall–Kier alpha value is -7.42. The molecular formula is C57H46N2. The average molecular weight is 759 g/mol. The molecule has 0 unspecified atom stereocenters. The largest absolute Gasteiger partial charge is 0.311 e. The number of nitrogens with zero attached hydrogens (tertiary/aromatic N) is 2. The van der Waals surface area contributed by atoms with Gasteiger partial charge in [-0.05, 0) is 117 Å². The predicted molar refractivity (Wildman–Crippen MR) is 252 cm³/mol. The lowest BCUT2D eigenvalue weighted by atomic mass is 9.82. The first-order valence-electron chi connectivity index (χ1n) is 20.2. The third kappa shape index (κ3) is 7.00. The summed E-state index contributed by atoms with van der Waals surface area (Å²) < 4.78 is 0. The van der Waals surface area contributed by atoms with E-state index in [1.165, 1.54) is 33.4 Å². The Balaban J connectivity index is 1.03. The molecule has 0 aliphatic heterocycles. The first-order valence-corrected chi connectivity index (χ1v) is 20.2. The van der Waals surface area contributed by atoms with E-state index < -0.39 is 0 Å². The van der Waals surface area contributed by atoms with Crippen molar-refractivity contribution in [3.05, 3.63) is 248 Å². The molecule has 1 aliphatic rings. The Morgan fingerprint density at radius 3 is 1.54 bits per heavy atom. The Kier molecular flexibility index (Phi) is 9.98. The second kappa shape index (κ2) is 15.8. The van der Waals surface area contributed by atoms with E-state index in [0.29, 0.717) is 0 Å². The minimum absolute atomic E-state index is 0.103. The van der Waals surface area contributed by atoms with Crippen LogP contribution in [-0.2, 0) is 5.41 Å². The maximum absolute atomic E-state index is 4.19. The molecule has 0 heterocycles. The van der Waals surface area contributed by atoms with Gasteiger partial charge in [-0.2, -0.15) is 0 Å². The van der Waals surface area contributed by atoms with Gasteiger partial charge in [0.1, 0.15) is 0 Å². The molecular weight excluding hydrogens is 713 g/mol. The monoisotopic (exact) mass is 758 g/mol. The minimum atomic E-state index is -0.103. The topological polar surface area (TPSA) is 6.48 Å². The van der Waals surface area contributed by atoms with Crippen molar-refractivity contribution >= 4 is 28.4 Å². The third-order valence-corrected chi connectivity index (χ3v) is 11.6. The molecule has 59 heavy (non-hydrogen) atoms. The second-order valence-corrected chi connectivity index (χ2v) is 15.5. The summed E-state index contributed by atoms with van der Waals surface area (Å²) in [5.41, 5.74) is 18.7. The summed E-state index contributed by atoms with van der Waals surface area (Å²) >= 11 is 0. The van der Waals surface area contributed by atoms with Gasteiger partial charge >= 0.3 is 0 Å². The molecule has 0 radical (unpaired) electrons. The van der Waals surface area contributed by atoms with Crippen LogP contribution in [0.4, 0.5) is 28.4 Å². The molecule has 0 amide bonds. The number of rotatable bonds is 11. The zero-order valence-electron chi connectivity index (χ0n) is 33.6. The molecule has 0 bridgehead atoms. The highest BCUT2D eigenvalue weighted by atomic mass is 15.1. The zero-order chi connectivity index (χ0) is 40.3. The summed E-state index contributed by atoms with van der Waals surface area (Å²) in [6.07, 6.45) is 5.74. The maximum atomic E-state index is 4.19. The van der Waals surface area contributed by atoms with Crippen LogP contribution in [0.3, 0.4) is 0 Å². The van der Waals surface area contributed by atoms with Crippen molar-refractivity contribution in [3.63, 3.8) is 0 Å². The molecule has 0 saturated carbocycles. The lowest BCUT2D eigenvalue weighted by molar-refractivity contribution is 0.660. The van der Waals surface area contributed by atoms with E-state index in [1.807, 2.05) is 18.2 Å². The van der Waals surface area contributed by atoms with E-state index in [9.17, 15) is 0 Å². The van der Waals surface area contributed by atoms with Crippen molar-refractivity contribution in [3.8, 4) is 44.5 Å². The van der Waals surface area contributed by atoms with Gasteiger partial charge in [0, 0.05) is 39.4 Å². The summed E-state index contributed by atoms with van der Waals surface area (Å²) in [4.78, 5) is 4.62. The van der Waals surface area contributed by atoms with E-state index in [-0.39, 0.29) is 5.41 Å². The molecule has 0 aromatic heterocycles. The Bertz CT molecular complexity index is 2790. The van der Waals surface area contributed by atoms with Crippen LogP contribution in [0.15, 0.2) is 237 Å². The molecule has 8 aromatic carbocycles. The van der Waals surface area contributed by atoms with Crippen molar-refractivity contribution < 1.29 is 0 Å². The number of hydrogen-bond acceptors (Lipinski definition) is 2. The van der Waals surface area contributed by atoms with Crippen LogP contribution in [0, 0.1) is 0 Å². The van der Waals surface area contributed by atoms with Gasteiger partial charge in [0.25, 0.3) is 0 Å². The first kappa shape index (κ1) is 37.2. The van der Waals surface area contributed by atoms with Crippen LogP contribution in [0.1, 0.15) is 25.0 Å². The highest BCUT2D eigenvalue weighted by Gasteiger charge is 2.35.